The number of hydrogen-bond donors (Lipinski definition) is 1. The van der Waals surface area contributed by atoms with Crippen molar-refractivity contribution in [2.75, 3.05) is 40.3 Å². The van der Waals surface area contributed by atoms with Crippen LogP contribution < -0.4 is 5.73 Å². The summed E-state index contributed by atoms with van der Waals surface area (Å²) < 4.78 is 13.2. The maximum absolute atomic E-state index is 13.2. The van der Waals surface area contributed by atoms with Crippen molar-refractivity contribution >= 4 is 11.6 Å². The normalized spacial score (nSPS) is 21.6. The quantitative estimate of drug-likeness (QED) is 0.906. The molecule has 20 heavy (non-hydrogen) atoms. The topological polar surface area (TPSA) is 32.5 Å². The Morgan fingerprint density at radius 3 is 2.85 bits per heavy atom. The minimum Gasteiger partial charge on any atom is -0.329 e. The van der Waals surface area contributed by atoms with Crippen molar-refractivity contribution in [2.45, 2.75) is 12.5 Å². The fourth-order valence-corrected chi connectivity index (χ4v) is 3.32. The van der Waals surface area contributed by atoms with E-state index in [-0.39, 0.29) is 11.9 Å². The molecule has 0 aliphatic carbocycles. The second kappa shape index (κ2) is 6.85. The Hall–Kier alpha value is -0.680. The molecular weight excluding hydrogens is 277 g/mol. The molecule has 0 aromatic heterocycles. The third-order valence-corrected chi connectivity index (χ3v) is 4.44. The highest BCUT2D eigenvalue weighted by molar-refractivity contribution is 6.31. The molecule has 0 bridgehead atoms. The zero-order valence-corrected chi connectivity index (χ0v) is 12.9. The van der Waals surface area contributed by atoms with Gasteiger partial charge in [0.25, 0.3) is 0 Å². The second-order valence-corrected chi connectivity index (χ2v) is 6.18. The van der Waals surface area contributed by atoms with Crippen LogP contribution in [0.25, 0.3) is 0 Å². The van der Waals surface area contributed by atoms with E-state index in [9.17, 15) is 4.39 Å². The molecule has 0 radical (unpaired) electrons. The molecular formula is C15H23ClFN3. The van der Waals surface area contributed by atoms with Crippen molar-refractivity contribution < 1.29 is 4.39 Å². The molecule has 1 saturated heterocycles. The summed E-state index contributed by atoms with van der Waals surface area (Å²) in [5.41, 5.74) is 6.82. The van der Waals surface area contributed by atoms with Crippen molar-refractivity contribution in [3.8, 4) is 0 Å². The van der Waals surface area contributed by atoms with Crippen LogP contribution in [0.3, 0.4) is 0 Å². The lowest BCUT2D eigenvalue weighted by atomic mass is 10.0. The number of benzene rings is 1. The molecule has 0 saturated carbocycles. The molecule has 5 heteroatoms. The molecule has 2 unspecified atom stereocenters. The number of halogens is 2. The zero-order valence-electron chi connectivity index (χ0n) is 12.1. The van der Waals surface area contributed by atoms with Crippen LogP contribution in [0, 0.1) is 11.7 Å². The minimum atomic E-state index is -0.311. The molecule has 0 amide bonds. The van der Waals surface area contributed by atoms with E-state index in [0.29, 0.717) is 17.5 Å². The van der Waals surface area contributed by atoms with Gasteiger partial charge in [0.2, 0.25) is 0 Å². The molecule has 1 aliphatic heterocycles. The maximum Gasteiger partial charge on any atom is 0.124 e. The second-order valence-electron chi connectivity index (χ2n) is 5.77. The Balaban J connectivity index is 2.06. The van der Waals surface area contributed by atoms with Gasteiger partial charge in [-0.1, -0.05) is 17.7 Å². The molecule has 1 aromatic carbocycles. The highest BCUT2D eigenvalue weighted by Crippen LogP contribution is 2.28. The first kappa shape index (κ1) is 15.7. The molecule has 3 nitrogen and oxygen atoms in total. The zero-order chi connectivity index (χ0) is 14.7. The van der Waals surface area contributed by atoms with Gasteiger partial charge in [0.05, 0.1) is 0 Å². The predicted molar refractivity (Wildman–Crippen MR) is 81.4 cm³/mol. The molecule has 112 valence electrons. The van der Waals surface area contributed by atoms with Gasteiger partial charge in [-0.2, -0.15) is 0 Å². The number of hydrogen-bond acceptors (Lipinski definition) is 3. The largest absolute Gasteiger partial charge is 0.329 e. The lowest BCUT2D eigenvalue weighted by molar-refractivity contribution is 0.211. The SMILES string of the molecule is CN1CCC(CN(C)C(CN)c2ccc(F)cc2Cl)C1. The van der Waals surface area contributed by atoms with Crippen molar-refractivity contribution in [3.05, 3.63) is 34.6 Å². The summed E-state index contributed by atoms with van der Waals surface area (Å²) >= 11 is 6.16. The lowest BCUT2D eigenvalue weighted by Gasteiger charge is -2.30. The molecule has 1 heterocycles. The number of likely N-dealkylation sites (N-methyl/N-ethyl adjacent to an activating group) is 1. The van der Waals surface area contributed by atoms with Gasteiger partial charge < -0.3 is 10.6 Å². The highest BCUT2D eigenvalue weighted by atomic mass is 35.5. The summed E-state index contributed by atoms with van der Waals surface area (Å²) in [6.07, 6.45) is 1.22. The smallest absolute Gasteiger partial charge is 0.124 e. The van der Waals surface area contributed by atoms with Crippen molar-refractivity contribution in [3.63, 3.8) is 0 Å². The standard InChI is InChI=1S/C15H23ClFN3/c1-19-6-5-11(9-19)10-20(2)15(8-18)13-4-3-12(17)7-14(13)16/h3-4,7,11,15H,5-6,8-10,18H2,1-2H3. The van der Waals surface area contributed by atoms with Crippen LogP contribution >= 0.6 is 11.6 Å². The summed E-state index contributed by atoms with van der Waals surface area (Å²) in [5.74, 6) is 0.355. The van der Waals surface area contributed by atoms with E-state index in [1.807, 2.05) is 0 Å². The fourth-order valence-electron chi connectivity index (χ4n) is 3.03. The van der Waals surface area contributed by atoms with Crippen LogP contribution in [0.5, 0.6) is 0 Å². The third-order valence-electron chi connectivity index (χ3n) is 4.11. The molecule has 1 aliphatic rings. The van der Waals surface area contributed by atoms with Gasteiger partial charge in [0.1, 0.15) is 5.82 Å². The average Bonchev–Trinajstić information content (AvgIpc) is 2.78. The van der Waals surface area contributed by atoms with Crippen LogP contribution in [0.4, 0.5) is 4.39 Å². The van der Waals surface area contributed by atoms with E-state index >= 15 is 0 Å². The van der Waals surface area contributed by atoms with Gasteiger partial charge in [0.15, 0.2) is 0 Å². The van der Waals surface area contributed by atoms with E-state index in [0.717, 1.165) is 25.2 Å². The average molecular weight is 300 g/mol. The van der Waals surface area contributed by atoms with Crippen molar-refractivity contribution in [1.29, 1.82) is 0 Å². The Kier molecular flexibility index (Phi) is 5.38. The van der Waals surface area contributed by atoms with Gasteiger partial charge in [-0.25, -0.2) is 4.39 Å². The Morgan fingerprint density at radius 1 is 1.55 bits per heavy atom. The summed E-state index contributed by atoms with van der Waals surface area (Å²) in [7, 11) is 4.22. The lowest BCUT2D eigenvalue weighted by Crippen LogP contribution is -2.35. The number of likely N-dealkylation sites (tertiary alicyclic amines) is 1. The summed E-state index contributed by atoms with van der Waals surface area (Å²) in [6, 6.07) is 4.58. The van der Waals surface area contributed by atoms with Crippen molar-refractivity contribution in [1.82, 2.24) is 9.80 Å². The maximum atomic E-state index is 13.2. The van der Waals surface area contributed by atoms with Crippen molar-refractivity contribution in [2.24, 2.45) is 11.7 Å². The van der Waals surface area contributed by atoms with E-state index < -0.39 is 0 Å². The first-order valence-electron chi connectivity index (χ1n) is 7.05. The van der Waals surface area contributed by atoms with Gasteiger partial charge in [0, 0.05) is 30.7 Å². The van der Waals surface area contributed by atoms with E-state index in [1.165, 1.54) is 18.6 Å². The van der Waals surface area contributed by atoms with Crippen LogP contribution in [0.1, 0.15) is 18.0 Å². The van der Waals surface area contributed by atoms with Crippen LogP contribution in [-0.4, -0.2) is 50.1 Å². The Morgan fingerprint density at radius 2 is 2.30 bits per heavy atom. The Bertz CT molecular complexity index is 455. The molecule has 2 N–H and O–H groups in total. The highest BCUT2D eigenvalue weighted by Gasteiger charge is 2.25. The first-order valence-corrected chi connectivity index (χ1v) is 7.43. The van der Waals surface area contributed by atoms with Gasteiger partial charge in [-0.05, 0) is 50.7 Å². The molecule has 2 rings (SSSR count). The van der Waals surface area contributed by atoms with Gasteiger partial charge in [-0.3, -0.25) is 4.90 Å². The van der Waals surface area contributed by atoms with Crippen LogP contribution in [-0.2, 0) is 0 Å². The number of rotatable bonds is 5. The predicted octanol–water partition coefficient (Wildman–Crippen LogP) is 2.36. The molecule has 1 aromatic rings. The van der Waals surface area contributed by atoms with Crippen LogP contribution in [0.15, 0.2) is 18.2 Å². The summed E-state index contributed by atoms with van der Waals surface area (Å²) in [5, 5.41) is 0.454. The van der Waals surface area contributed by atoms with E-state index in [1.54, 1.807) is 6.07 Å². The van der Waals surface area contributed by atoms with Gasteiger partial charge >= 0.3 is 0 Å². The summed E-state index contributed by atoms with van der Waals surface area (Å²) in [4.78, 5) is 4.59. The summed E-state index contributed by atoms with van der Waals surface area (Å²) in [6.45, 7) is 3.74. The minimum absolute atomic E-state index is 0.0361. The number of nitrogens with zero attached hydrogens (tertiary/aromatic N) is 2. The van der Waals surface area contributed by atoms with E-state index in [4.69, 9.17) is 17.3 Å². The number of nitrogens with two attached hydrogens (primary N) is 1. The fraction of sp³-hybridized carbons (Fsp3) is 0.600. The monoisotopic (exact) mass is 299 g/mol. The first-order chi connectivity index (χ1) is 9.51. The van der Waals surface area contributed by atoms with Gasteiger partial charge in [-0.15, -0.1) is 0 Å². The van der Waals surface area contributed by atoms with Crippen LogP contribution in [0.2, 0.25) is 5.02 Å². The van der Waals surface area contributed by atoms with E-state index in [2.05, 4.69) is 23.9 Å². The molecule has 1 fully saturated rings. The third kappa shape index (κ3) is 3.70. The Labute approximate surface area is 125 Å². The molecule has 2 atom stereocenters. The molecule has 0 spiro atoms.